The Kier molecular flexibility index (Phi) is 7.72. The van der Waals surface area contributed by atoms with Crippen LogP contribution in [0.4, 0.5) is 0 Å². The average Bonchev–Trinajstić information content (AvgIpc) is 2.45. The van der Waals surface area contributed by atoms with Crippen LogP contribution in [0.15, 0.2) is 24.3 Å². The second-order valence-electron chi connectivity index (χ2n) is 5.96. The van der Waals surface area contributed by atoms with Crippen molar-refractivity contribution in [1.29, 1.82) is 0 Å². The molecule has 0 aliphatic rings. The van der Waals surface area contributed by atoms with E-state index in [0.29, 0.717) is 19.8 Å². The molecule has 4 heteroatoms. The molecular weight excluding hydrogens is 266 g/mol. The highest BCUT2D eigenvalue weighted by Gasteiger charge is 2.17. The second-order valence-corrected chi connectivity index (χ2v) is 5.96. The van der Waals surface area contributed by atoms with Crippen molar-refractivity contribution in [2.24, 2.45) is 0 Å². The Morgan fingerprint density at radius 1 is 1.19 bits per heavy atom. The van der Waals surface area contributed by atoms with Gasteiger partial charge in [-0.2, -0.15) is 0 Å². The van der Waals surface area contributed by atoms with Gasteiger partial charge in [-0.1, -0.05) is 12.1 Å². The summed E-state index contributed by atoms with van der Waals surface area (Å²) in [4.78, 5) is 0. The molecular formula is C17H29NO3. The molecule has 21 heavy (non-hydrogen) atoms. The monoisotopic (exact) mass is 295 g/mol. The average molecular weight is 295 g/mol. The Hall–Kier alpha value is -1.10. The van der Waals surface area contributed by atoms with Gasteiger partial charge >= 0.3 is 0 Å². The van der Waals surface area contributed by atoms with E-state index in [9.17, 15) is 0 Å². The van der Waals surface area contributed by atoms with E-state index in [1.54, 1.807) is 7.11 Å². The standard InChI is InChI=1S/C17H29NO3/c1-6-20-10-11-21-16(13-18-17(2,3)4)14-8-7-9-15(12-14)19-5/h7-9,12,16,18H,6,10-11,13H2,1-5H3. The topological polar surface area (TPSA) is 39.7 Å². The van der Waals surface area contributed by atoms with Gasteiger partial charge in [0.05, 0.1) is 26.4 Å². The van der Waals surface area contributed by atoms with Crippen molar-refractivity contribution in [3.05, 3.63) is 29.8 Å². The highest BCUT2D eigenvalue weighted by atomic mass is 16.5. The van der Waals surface area contributed by atoms with Crippen LogP contribution in [0.1, 0.15) is 39.4 Å². The zero-order chi connectivity index (χ0) is 15.7. The van der Waals surface area contributed by atoms with Crippen LogP contribution in [-0.2, 0) is 9.47 Å². The smallest absolute Gasteiger partial charge is 0.119 e. The molecule has 0 amide bonds. The summed E-state index contributed by atoms with van der Waals surface area (Å²) in [7, 11) is 1.68. The van der Waals surface area contributed by atoms with Crippen LogP contribution < -0.4 is 10.1 Å². The van der Waals surface area contributed by atoms with Gasteiger partial charge in [0.15, 0.2) is 0 Å². The van der Waals surface area contributed by atoms with E-state index < -0.39 is 0 Å². The molecule has 0 bridgehead atoms. The lowest BCUT2D eigenvalue weighted by molar-refractivity contribution is 0.00452. The molecule has 0 saturated heterocycles. The van der Waals surface area contributed by atoms with Gasteiger partial charge in [0, 0.05) is 18.7 Å². The maximum atomic E-state index is 5.98. The fourth-order valence-electron chi connectivity index (χ4n) is 1.91. The van der Waals surface area contributed by atoms with Gasteiger partial charge in [0.25, 0.3) is 0 Å². The van der Waals surface area contributed by atoms with Crippen LogP contribution in [-0.4, -0.2) is 39.0 Å². The van der Waals surface area contributed by atoms with Gasteiger partial charge in [-0.25, -0.2) is 0 Å². The minimum atomic E-state index is -0.0141. The van der Waals surface area contributed by atoms with Crippen molar-refractivity contribution in [3.63, 3.8) is 0 Å². The molecule has 0 fully saturated rings. The van der Waals surface area contributed by atoms with Crippen LogP contribution in [0.3, 0.4) is 0 Å². The minimum Gasteiger partial charge on any atom is -0.497 e. The van der Waals surface area contributed by atoms with Crippen molar-refractivity contribution in [1.82, 2.24) is 5.32 Å². The molecule has 0 saturated carbocycles. The Morgan fingerprint density at radius 2 is 1.95 bits per heavy atom. The number of rotatable bonds is 9. The molecule has 4 nitrogen and oxygen atoms in total. The summed E-state index contributed by atoms with van der Waals surface area (Å²) in [5.41, 5.74) is 1.17. The van der Waals surface area contributed by atoms with Gasteiger partial charge in [-0.15, -0.1) is 0 Å². The molecule has 0 aromatic heterocycles. The number of benzene rings is 1. The molecule has 1 unspecified atom stereocenters. The summed E-state index contributed by atoms with van der Waals surface area (Å²) in [6.45, 7) is 11.1. The first-order valence-corrected chi connectivity index (χ1v) is 7.54. The zero-order valence-electron chi connectivity index (χ0n) is 13.9. The van der Waals surface area contributed by atoms with Crippen molar-refractivity contribution >= 4 is 0 Å². The molecule has 1 aromatic carbocycles. The molecule has 1 atom stereocenters. The van der Waals surface area contributed by atoms with E-state index in [-0.39, 0.29) is 11.6 Å². The molecule has 0 spiro atoms. The number of methoxy groups -OCH3 is 1. The van der Waals surface area contributed by atoms with Crippen molar-refractivity contribution in [2.75, 3.05) is 33.5 Å². The van der Waals surface area contributed by atoms with Gasteiger partial charge in [-0.3, -0.25) is 0 Å². The fraction of sp³-hybridized carbons (Fsp3) is 0.647. The summed E-state index contributed by atoms with van der Waals surface area (Å²) in [6.07, 6.45) is -0.0141. The van der Waals surface area contributed by atoms with Gasteiger partial charge in [0.2, 0.25) is 0 Å². The molecule has 1 aromatic rings. The fourth-order valence-corrected chi connectivity index (χ4v) is 1.91. The number of ether oxygens (including phenoxy) is 3. The molecule has 0 radical (unpaired) electrons. The number of nitrogens with one attached hydrogen (secondary N) is 1. The second kappa shape index (κ2) is 9.03. The molecule has 0 heterocycles. The van der Waals surface area contributed by atoms with E-state index in [0.717, 1.165) is 17.9 Å². The number of hydrogen-bond acceptors (Lipinski definition) is 4. The Bertz CT molecular complexity index is 401. The predicted octanol–water partition coefficient (Wildman–Crippen LogP) is 3.18. The third-order valence-corrected chi connectivity index (χ3v) is 3.03. The minimum absolute atomic E-state index is 0.0141. The lowest BCUT2D eigenvalue weighted by Gasteiger charge is -2.26. The quantitative estimate of drug-likeness (QED) is 0.710. The Balaban J connectivity index is 2.69. The van der Waals surface area contributed by atoms with Gasteiger partial charge in [0.1, 0.15) is 5.75 Å². The highest BCUT2D eigenvalue weighted by Crippen LogP contribution is 2.22. The van der Waals surface area contributed by atoms with Gasteiger partial charge in [-0.05, 0) is 45.4 Å². The molecule has 0 aliphatic carbocycles. The van der Waals surface area contributed by atoms with E-state index in [1.807, 2.05) is 25.1 Å². The largest absolute Gasteiger partial charge is 0.497 e. The zero-order valence-corrected chi connectivity index (χ0v) is 13.9. The molecule has 1 N–H and O–H groups in total. The highest BCUT2D eigenvalue weighted by molar-refractivity contribution is 5.30. The Labute approximate surface area is 128 Å². The van der Waals surface area contributed by atoms with E-state index in [1.165, 1.54) is 0 Å². The van der Waals surface area contributed by atoms with Crippen LogP contribution >= 0.6 is 0 Å². The van der Waals surface area contributed by atoms with E-state index >= 15 is 0 Å². The Morgan fingerprint density at radius 3 is 2.57 bits per heavy atom. The molecule has 0 aliphatic heterocycles. The normalized spacial score (nSPS) is 13.2. The van der Waals surface area contributed by atoms with Gasteiger partial charge < -0.3 is 19.5 Å². The maximum absolute atomic E-state index is 5.98. The summed E-state index contributed by atoms with van der Waals surface area (Å²) < 4.78 is 16.6. The first kappa shape index (κ1) is 18.0. The first-order chi connectivity index (χ1) is 9.96. The summed E-state index contributed by atoms with van der Waals surface area (Å²) >= 11 is 0. The van der Waals surface area contributed by atoms with Crippen molar-refractivity contribution in [2.45, 2.75) is 39.3 Å². The third-order valence-electron chi connectivity index (χ3n) is 3.03. The third kappa shape index (κ3) is 7.46. The predicted molar refractivity (Wildman–Crippen MR) is 85.9 cm³/mol. The van der Waals surface area contributed by atoms with Crippen molar-refractivity contribution in [3.8, 4) is 5.75 Å². The first-order valence-electron chi connectivity index (χ1n) is 7.54. The van der Waals surface area contributed by atoms with Crippen LogP contribution in [0.2, 0.25) is 0 Å². The van der Waals surface area contributed by atoms with E-state index in [2.05, 4.69) is 32.2 Å². The molecule has 1 rings (SSSR count). The summed E-state index contributed by atoms with van der Waals surface area (Å²) in [5, 5.41) is 3.49. The summed E-state index contributed by atoms with van der Waals surface area (Å²) in [6, 6.07) is 8.02. The maximum Gasteiger partial charge on any atom is 0.119 e. The van der Waals surface area contributed by atoms with E-state index in [4.69, 9.17) is 14.2 Å². The lowest BCUT2D eigenvalue weighted by atomic mass is 10.1. The molecule has 120 valence electrons. The van der Waals surface area contributed by atoms with Crippen LogP contribution in [0.5, 0.6) is 5.75 Å². The van der Waals surface area contributed by atoms with Crippen molar-refractivity contribution < 1.29 is 14.2 Å². The lowest BCUT2D eigenvalue weighted by Crippen LogP contribution is -2.39. The SMILES string of the molecule is CCOCCOC(CNC(C)(C)C)c1cccc(OC)c1. The van der Waals surface area contributed by atoms with Crippen LogP contribution in [0.25, 0.3) is 0 Å². The van der Waals surface area contributed by atoms with Crippen LogP contribution in [0, 0.1) is 0 Å². The number of hydrogen-bond donors (Lipinski definition) is 1. The summed E-state index contributed by atoms with van der Waals surface area (Å²) in [5.74, 6) is 0.849.